The van der Waals surface area contributed by atoms with Gasteiger partial charge in [0.15, 0.2) is 0 Å². The van der Waals surface area contributed by atoms with Crippen molar-refractivity contribution in [3.05, 3.63) is 35.9 Å². The summed E-state index contributed by atoms with van der Waals surface area (Å²) in [6.07, 6.45) is 1.09. The average molecular weight is 346 g/mol. The maximum atomic E-state index is 12.5. The maximum Gasteiger partial charge on any atom is 0.325 e. The number of ether oxygens (including phenoxy) is 1. The standard InChI is InChI=1S/C19H26N2O4/c1-3-25-18(23)13-21(12-15-7-5-4-6-8-15)17(22)9-10-20-19(24)16-11-14(16)2/h4-8,14,16H,3,9-13H2,1-2H3,(H,20,24)/t14-,16-/m0/s1. The van der Waals surface area contributed by atoms with Crippen molar-refractivity contribution in [2.24, 2.45) is 11.8 Å². The molecular formula is C19H26N2O4. The van der Waals surface area contributed by atoms with E-state index in [-0.39, 0.29) is 43.8 Å². The zero-order valence-electron chi connectivity index (χ0n) is 14.9. The first kappa shape index (κ1) is 19.0. The molecule has 1 aliphatic rings. The Morgan fingerprint density at radius 3 is 2.52 bits per heavy atom. The van der Waals surface area contributed by atoms with E-state index in [0.29, 0.717) is 12.5 Å². The summed E-state index contributed by atoms with van der Waals surface area (Å²) in [5.41, 5.74) is 0.941. The third-order valence-corrected chi connectivity index (χ3v) is 4.28. The van der Waals surface area contributed by atoms with Gasteiger partial charge in [0.25, 0.3) is 0 Å². The smallest absolute Gasteiger partial charge is 0.325 e. The number of nitrogens with one attached hydrogen (secondary N) is 1. The average Bonchev–Trinajstić information content (AvgIpc) is 3.32. The van der Waals surface area contributed by atoms with Crippen LogP contribution in [-0.4, -0.2) is 42.4 Å². The van der Waals surface area contributed by atoms with Gasteiger partial charge in [0.2, 0.25) is 11.8 Å². The van der Waals surface area contributed by atoms with Crippen molar-refractivity contribution in [3.8, 4) is 0 Å². The summed E-state index contributed by atoms with van der Waals surface area (Å²) < 4.78 is 4.95. The summed E-state index contributed by atoms with van der Waals surface area (Å²) >= 11 is 0. The van der Waals surface area contributed by atoms with Gasteiger partial charge in [0.1, 0.15) is 6.54 Å². The zero-order chi connectivity index (χ0) is 18.2. The van der Waals surface area contributed by atoms with Crippen LogP contribution in [0.5, 0.6) is 0 Å². The fourth-order valence-electron chi connectivity index (χ4n) is 2.67. The molecule has 1 aliphatic carbocycles. The molecule has 1 saturated carbocycles. The molecule has 0 radical (unpaired) electrons. The number of esters is 1. The molecule has 0 bridgehead atoms. The summed E-state index contributed by atoms with van der Waals surface area (Å²) in [5.74, 6) is -0.0619. The van der Waals surface area contributed by atoms with E-state index in [1.54, 1.807) is 6.92 Å². The molecule has 0 aromatic heterocycles. The van der Waals surface area contributed by atoms with Gasteiger partial charge in [0, 0.05) is 25.4 Å². The van der Waals surface area contributed by atoms with Crippen LogP contribution in [0.2, 0.25) is 0 Å². The van der Waals surface area contributed by atoms with Gasteiger partial charge in [-0.3, -0.25) is 14.4 Å². The van der Waals surface area contributed by atoms with Crippen molar-refractivity contribution in [2.45, 2.75) is 33.2 Å². The maximum absolute atomic E-state index is 12.5. The summed E-state index contributed by atoms with van der Waals surface area (Å²) in [6.45, 7) is 4.59. The lowest BCUT2D eigenvalue weighted by Gasteiger charge is -2.22. The van der Waals surface area contributed by atoms with E-state index < -0.39 is 5.97 Å². The molecule has 6 heteroatoms. The van der Waals surface area contributed by atoms with Crippen molar-refractivity contribution >= 4 is 17.8 Å². The first-order valence-corrected chi connectivity index (χ1v) is 8.76. The molecule has 0 heterocycles. The Labute approximate surface area is 148 Å². The van der Waals surface area contributed by atoms with E-state index in [9.17, 15) is 14.4 Å². The minimum absolute atomic E-state index is 0.0142. The molecule has 1 aromatic rings. The normalized spacial score (nSPS) is 18.3. The lowest BCUT2D eigenvalue weighted by atomic mass is 10.2. The van der Waals surface area contributed by atoms with E-state index in [1.807, 2.05) is 37.3 Å². The quantitative estimate of drug-likeness (QED) is 0.691. The molecule has 2 rings (SSSR count). The molecule has 1 N–H and O–H groups in total. The Bertz CT molecular complexity index is 603. The Kier molecular flexibility index (Phi) is 6.98. The Hall–Kier alpha value is -2.37. The number of rotatable bonds is 9. The van der Waals surface area contributed by atoms with Crippen LogP contribution in [0.3, 0.4) is 0 Å². The van der Waals surface area contributed by atoms with Crippen LogP contribution < -0.4 is 5.32 Å². The lowest BCUT2D eigenvalue weighted by Crippen LogP contribution is -2.38. The van der Waals surface area contributed by atoms with Gasteiger partial charge in [0.05, 0.1) is 6.61 Å². The Morgan fingerprint density at radius 2 is 1.92 bits per heavy atom. The fourth-order valence-corrected chi connectivity index (χ4v) is 2.67. The molecule has 25 heavy (non-hydrogen) atoms. The van der Waals surface area contributed by atoms with Crippen molar-refractivity contribution in [1.29, 1.82) is 0 Å². The van der Waals surface area contributed by atoms with Crippen LogP contribution in [-0.2, 0) is 25.7 Å². The fraction of sp³-hybridized carbons (Fsp3) is 0.526. The molecule has 6 nitrogen and oxygen atoms in total. The molecule has 1 aromatic carbocycles. The van der Waals surface area contributed by atoms with Crippen molar-refractivity contribution < 1.29 is 19.1 Å². The van der Waals surface area contributed by atoms with Crippen LogP contribution >= 0.6 is 0 Å². The van der Waals surface area contributed by atoms with Gasteiger partial charge < -0.3 is 15.0 Å². The van der Waals surface area contributed by atoms with E-state index in [1.165, 1.54) is 4.90 Å². The number of nitrogens with zero attached hydrogens (tertiary/aromatic N) is 1. The highest BCUT2D eigenvalue weighted by Crippen LogP contribution is 2.37. The predicted octanol–water partition coefficient (Wildman–Crippen LogP) is 1.74. The van der Waals surface area contributed by atoms with Gasteiger partial charge >= 0.3 is 5.97 Å². The van der Waals surface area contributed by atoms with E-state index in [2.05, 4.69) is 5.32 Å². The van der Waals surface area contributed by atoms with Gasteiger partial charge in [-0.1, -0.05) is 37.3 Å². The number of carbonyl (C=O) groups is 3. The van der Waals surface area contributed by atoms with Crippen molar-refractivity contribution in [3.63, 3.8) is 0 Å². The SMILES string of the molecule is CCOC(=O)CN(Cc1ccccc1)C(=O)CCNC(=O)[C@H]1C[C@@H]1C. The van der Waals surface area contributed by atoms with E-state index in [4.69, 9.17) is 4.74 Å². The second-order valence-electron chi connectivity index (χ2n) is 6.40. The molecule has 2 amide bonds. The predicted molar refractivity (Wildman–Crippen MR) is 93.4 cm³/mol. The van der Waals surface area contributed by atoms with Gasteiger partial charge in [-0.05, 0) is 24.8 Å². The highest BCUT2D eigenvalue weighted by molar-refractivity contribution is 5.84. The summed E-state index contributed by atoms with van der Waals surface area (Å²) in [4.78, 5) is 37.5. The minimum atomic E-state index is -0.428. The first-order valence-electron chi connectivity index (χ1n) is 8.76. The topological polar surface area (TPSA) is 75.7 Å². The second kappa shape index (κ2) is 9.20. The summed E-state index contributed by atoms with van der Waals surface area (Å²) in [5, 5.41) is 2.80. The zero-order valence-corrected chi connectivity index (χ0v) is 14.9. The Morgan fingerprint density at radius 1 is 1.24 bits per heavy atom. The second-order valence-corrected chi connectivity index (χ2v) is 6.40. The Balaban J connectivity index is 1.87. The third kappa shape index (κ3) is 6.21. The molecule has 0 unspecified atom stereocenters. The third-order valence-electron chi connectivity index (χ3n) is 4.28. The highest BCUT2D eigenvalue weighted by atomic mass is 16.5. The lowest BCUT2D eigenvalue weighted by molar-refractivity contribution is -0.149. The van der Waals surface area contributed by atoms with E-state index in [0.717, 1.165) is 12.0 Å². The monoisotopic (exact) mass is 346 g/mol. The van der Waals surface area contributed by atoms with Gasteiger partial charge in [-0.15, -0.1) is 0 Å². The molecule has 136 valence electrons. The van der Waals surface area contributed by atoms with Gasteiger partial charge in [-0.25, -0.2) is 0 Å². The number of hydrogen-bond donors (Lipinski definition) is 1. The van der Waals surface area contributed by atoms with Crippen LogP contribution in [0.4, 0.5) is 0 Å². The number of benzene rings is 1. The highest BCUT2D eigenvalue weighted by Gasteiger charge is 2.38. The number of hydrogen-bond acceptors (Lipinski definition) is 4. The van der Waals surface area contributed by atoms with Crippen LogP contribution in [0.1, 0.15) is 32.3 Å². The molecule has 0 spiro atoms. The molecule has 1 fully saturated rings. The molecule has 0 aliphatic heterocycles. The molecule has 2 atom stereocenters. The van der Waals surface area contributed by atoms with Crippen LogP contribution in [0.15, 0.2) is 30.3 Å². The first-order chi connectivity index (χ1) is 12.0. The number of amides is 2. The minimum Gasteiger partial charge on any atom is -0.465 e. The van der Waals surface area contributed by atoms with Crippen LogP contribution in [0, 0.1) is 11.8 Å². The summed E-state index contributed by atoms with van der Waals surface area (Å²) in [7, 11) is 0. The summed E-state index contributed by atoms with van der Waals surface area (Å²) in [6, 6.07) is 9.48. The van der Waals surface area contributed by atoms with Crippen molar-refractivity contribution in [1.82, 2.24) is 10.2 Å². The van der Waals surface area contributed by atoms with Gasteiger partial charge in [-0.2, -0.15) is 0 Å². The number of carbonyl (C=O) groups excluding carboxylic acids is 3. The van der Waals surface area contributed by atoms with Crippen LogP contribution in [0.25, 0.3) is 0 Å². The molecule has 0 saturated heterocycles. The molecular weight excluding hydrogens is 320 g/mol. The van der Waals surface area contributed by atoms with Crippen molar-refractivity contribution in [2.75, 3.05) is 19.7 Å². The van der Waals surface area contributed by atoms with E-state index >= 15 is 0 Å². The largest absolute Gasteiger partial charge is 0.465 e.